The van der Waals surface area contributed by atoms with Crippen molar-refractivity contribution in [3.05, 3.63) is 191 Å². The van der Waals surface area contributed by atoms with Crippen LogP contribution in [0.15, 0.2) is 152 Å². The number of rotatable bonds is 12. The van der Waals surface area contributed by atoms with Gasteiger partial charge >= 0.3 is 18.0 Å². The van der Waals surface area contributed by atoms with E-state index in [1.165, 1.54) is 0 Å². The van der Waals surface area contributed by atoms with Gasteiger partial charge in [0.15, 0.2) is 11.5 Å². The van der Waals surface area contributed by atoms with E-state index in [0.717, 1.165) is 21.6 Å². The van der Waals surface area contributed by atoms with Gasteiger partial charge in [0.05, 0.1) is 42.9 Å². The molecule has 5 heterocycles. The van der Waals surface area contributed by atoms with Crippen LogP contribution in [0.4, 0.5) is 15.3 Å². The normalized spacial score (nSPS) is 22.8. The van der Waals surface area contributed by atoms with Gasteiger partial charge in [-0.3, -0.25) is 24.2 Å². The Morgan fingerprint density at radius 2 is 1.48 bits per heavy atom. The number of amides is 6. The van der Waals surface area contributed by atoms with E-state index in [2.05, 4.69) is 27.4 Å². The number of benzene rings is 6. The predicted octanol–water partition coefficient (Wildman–Crippen LogP) is 6.29. The molecule has 392 valence electrons. The van der Waals surface area contributed by atoms with Crippen molar-refractivity contribution < 1.29 is 48.0 Å². The third kappa shape index (κ3) is 9.45. The van der Waals surface area contributed by atoms with Crippen molar-refractivity contribution in [1.29, 1.82) is 0 Å². The van der Waals surface area contributed by atoms with E-state index >= 15 is 19.2 Å². The van der Waals surface area contributed by atoms with Gasteiger partial charge in [-0.15, -0.1) is 0 Å². The number of cyclic esters (lactones) is 1. The average molecular weight is 1040 g/mol. The quantitative estimate of drug-likeness (QED) is 0.0789. The molecule has 0 aromatic heterocycles. The third-order valence-corrected chi connectivity index (χ3v) is 15.2. The van der Waals surface area contributed by atoms with Crippen molar-refractivity contribution in [2.45, 2.75) is 49.2 Å². The van der Waals surface area contributed by atoms with E-state index in [9.17, 15) is 9.90 Å². The topological polar surface area (TPSA) is 206 Å². The number of esters is 1. The summed E-state index contributed by atoms with van der Waals surface area (Å²) in [4.78, 5) is 83.2. The summed E-state index contributed by atoms with van der Waals surface area (Å²) in [6, 6.07) is 40.9. The van der Waals surface area contributed by atoms with Gasteiger partial charge in [0.25, 0.3) is 0 Å². The molecule has 11 rings (SSSR count). The summed E-state index contributed by atoms with van der Waals surface area (Å²) in [5.41, 5.74) is 8.06. The molecular weight excluding hydrogens is 979 g/mol. The van der Waals surface area contributed by atoms with Gasteiger partial charge in [0, 0.05) is 38.3 Å². The Hall–Kier alpha value is -8.69. The van der Waals surface area contributed by atoms with Crippen LogP contribution in [0.2, 0.25) is 0 Å². The number of piperazine rings is 1. The number of nitrogens with one attached hydrogen (secondary N) is 2. The zero-order valence-electron chi connectivity index (χ0n) is 42.2. The molecule has 0 aliphatic carbocycles. The number of carbonyl (C=O) groups excluding carboxylic acids is 5. The predicted molar refractivity (Wildman–Crippen MR) is 283 cm³/mol. The number of hydrogen-bond donors (Lipinski definition) is 4. The molecule has 6 aromatic rings. The van der Waals surface area contributed by atoms with Gasteiger partial charge in [-0.25, -0.2) is 14.5 Å². The number of fused-ring (bicyclic) bond motifs is 4. The van der Waals surface area contributed by atoms with Crippen LogP contribution in [-0.2, 0) is 31.1 Å². The van der Waals surface area contributed by atoms with Crippen molar-refractivity contribution in [1.82, 2.24) is 25.3 Å². The molecule has 1 spiro atoms. The number of primary amides is 1. The first-order chi connectivity index (χ1) is 37.5. The summed E-state index contributed by atoms with van der Waals surface area (Å²) >= 11 is 0. The molecule has 0 bridgehead atoms. The molecule has 3 saturated heterocycles. The van der Waals surface area contributed by atoms with Gasteiger partial charge < -0.3 is 45.3 Å². The highest BCUT2D eigenvalue weighted by Crippen LogP contribution is 2.66. The Bertz CT molecular complexity index is 3260. The molecule has 0 unspecified atom stereocenters. The Balaban J connectivity index is 1.11. The smallest absolute Gasteiger partial charge is 0.329 e. The molecule has 6 aromatic carbocycles. The van der Waals surface area contributed by atoms with Gasteiger partial charge in [0.1, 0.15) is 29.9 Å². The minimum Gasteiger partial charge on any atom is -0.491 e. The lowest BCUT2D eigenvalue weighted by molar-refractivity contribution is -0.179. The minimum atomic E-state index is -2.04. The van der Waals surface area contributed by atoms with E-state index in [1.54, 1.807) is 35.2 Å². The Labute approximate surface area is 445 Å². The highest BCUT2D eigenvalue weighted by molar-refractivity contribution is 6.24. The van der Waals surface area contributed by atoms with Crippen LogP contribution in [-0.4, -0.2) is 108 Å². The summed E-state index contributed by atoms with van der Waals surface area (Å²) < 4.78 is 23.8. The standard InChI is InChI=1S/C60H57N7O10/c1-38(41-13-5-2-6-14-41)63-59(73)66-47-25-19-39(12-11-27-62-58(61)72)34-46(47)60(57(66)71)50(55(69)65-30-28-64(29-31-65)36-40-20-26-48-49(35-40)76-37-75-48)52-56(70)77-53(43-17-9-4-10-18-43)51(42-15-7-3-8-16-42)67(52)54(60)44-21-23-45(24-22-44)74-33-32-68/h2-10,13-26,34-35,38,50-54,68H,27-33,36-37H2,1H3,(H,63,73)(H3,61,62,72)/t38-,50+,51+,52+,53-,54-,60+/m1/s1. The van der Waals surface area contributed by atoms with E-state index in [1.807, 2.05) is 133 Å². The van der Waals surface area contributed by atoms with Crippen molar-refractivity contribution in [3.8, 4) is 29.1 Å². The molecule has 5 aliphatic rings. The summed E-state index contributed by atoms with van der Waals surface area (Å²) in [6.45, 7) is 3.72. The molecule has 0 saturated carbocycles. The van der Waals surface area contributed by atoms with Crippen LogP contribution >= 0.6 is 0 Å². The molecule has 0 radical (unpaired) electrons. The van der Waals surface area contributed by atoms with E-state index in [0.29, 0.717) is 59.1 Å². The number of anilines is 1. The highest BCUT2D eigenvalue weighted by Gasteiger charge is 2.76. The maximum atomic E-state index is 16.9. The maximum Gasteiger partial charge on any atom is 0.329 e. The molecule has 7 atom stereocenters. The van der Waals surface area contributed by atoms with Gasteiger partial charge in [-0.1, -0.05) is 121 Å². The number of ether oxygens (including phenoxy) is 4. The number of urea groups is 2. The highest BCUT2D eigenvalue weighted by atomic mass is 16.7. The number of nitrogens with two attached hydrogens (primary N) is 1. The third-order valence-electron chi connectivity index (χ3n) is 15.2. The fraction of sp³-hybridized carbons (Fsp3) is 0.283. The molecule has 17 heteroatoms. The van der Waals surface area contributed by atoms with Gasteiger partial charge in [-0.2, -0.15) is 0 Å². The number of imide groups is 1. The number of nitrogens with zero attached hydrogens (tertiary/aromatic N) is 4. The first-order valence-corrected chi connectivity index (χ1v) is 25.7. The first kappa shape index (κ1) is 50.5. The largest absolute Gasteiger partial charge is 0.491 e. The lowest BCUT2D eigenvalue weighted by Crippen LogP contribution is -2.59. The van der Waals surface area contributed by atoms with Crippen molar-refractivity contribution in [3.63, 3.8) is 0 Å². The molecule has 5 aliphatic heterocycles. The first-order valence-electron chi connectivity index (χ1n) is 25.7. The zero-order chi connectivity index (χ0) is 53.2. The second kappa shape index (κ2) is 21.5. The average Bonchev–Trinajstić information content (AvgIpc) is 4.24. The SMILES string of the molecule is C[C@@H](NC(=O)N1C(=O)[C@@]2(c3cc(C#CCNC(N)=O)ccc31)[C@H](C(=O)N1CCN(Cc3ccc4c(c3)OCO4)CC1)[C@H]1C(=O)O[C@H](c3ccccc3)[C@H](c3ccccc3)N1[C@@H]2c1ccc(OCCO)cc1)c1ccccc1. The van der Waals surface area contributed by atoms with Gasteiger partial charge in [-0.05, 0) is 82.8 Å². The number of aliphatic hydroxyl groups is 1. The molecule has 5 N–H and O–H groups in total. The number of hydrogen-bond acceptors (Lipinski definition) is 12. The number of carbonyl (C=O) groups is 5. The number of aliphatic hydroxyl groups excluding tert-OH is 1. The van der Waals surface area contributed by atoms with E-state index in [4.69, 9.17) is 24.7 Å². The fourth-order valence-corrected chi connectivity index (χ4v) is 11.8. The second-order valence-corrected chi connectivity index (χ2v) is 19.7. The van der Waals surface area contributed by atoms with E-state index < -0.39 is 71.5 Å². The van der Waals surface area contributed by atoms with Crippen LogP contribution < -0.4 is 35.5 Å². The second-order valence-electron chi connectivity index (χ2n) is 19.7. The Morgan fingerprint density at radius 3 is 2.18 bits per heavy atom. The molecular formula is C60H57N7O10. The minimum absolute atomic E-state index is 0.0260. The summed E-state index contributed by atoms with van der Waals surface area (Å²) in [7, 11) is 0. The maximum absolute atomic E-state index is 16.9. The summed E-state index contributed by atoms with van der Waals surface area (Å²) in [5.74, 6) is 4.45. The van der Waals surface area contributed by atoms with Crippen molar-refractivity contribution >= 4 is 35.5 Å². The molecule has 17 nitrogen and oxygen atoms in total. The lowest BCUT2D eigenvalue weighted by atomic mass is 9.64. The van der Waals surface area contributed by atoms with Crippen LogP contribution in [0.25, 0.3) is 0 Å². The van der Waals surface area contributed by atoms with Gasteiger partial charge in [0.2, 0.25) is 18.6 Å². The van der Waals surface area contributed by atoms with Crippen LogP contribution in [0.3, 0.4) is 0 Å². The van der Waals surface area contributed by atoms with Crippen molar-refractivity contribution in [2.24, 2.45) is 11.7 Å². The summed E-state index contributed by atoms with van der Waals surface area (Å²) in [5, 5.41) is 15.3. The van der Waals surface area contributed by atoms with Crippen molar-refractivity contribution in [2.75, 3.05) is 57.6 Å². The molecule has 6 amide bonds. The molecule has 77 heavy (non-hydrogen) atoms. The zero-order valence-corrected chi connectivity index (χ0v) is 42.2. The van der Waals surface area contributed by atoms with E-state index in [-0.39, 0.29) is 45.3 Å². The Morgan fingerprint density at radius 1 is 0.792 bits per heavy atom. The molecule has 3 fully saturated rings. The van der Waals surface area contributed by atoms with Crippen LogP contribution in [0, 0.1) is 17.8 Å². The van der Waals surface area contributed by atoms with Crippen LogP contribution in [0.1, 0.15) is 70.1 Å². The Kier molecular flexibility index (Phi) is 14.1. The number of morpholine rings is 1. The fourth-order valence-electron chi connectivity index (χ4n) is 11.8. The van der Waals surface area contributed by atoms with Crippen LogP contribution in [0.5, 0.6) is 17.2 Å². The summed E-state index contributed by atoms with van der Waals surface area (Å²) in [6.07, 6.45) is -0.931. The monoisotopic (exact) mass is 1040 g/mol. The lowest BCUT2D eigenvalue weighted by Gasteiger charge is -2.46.